The van der Waals surface area contributed by atoms with Gasteiger partial charge in [0.25, 0.3) is 0 Å². The number of benzene rings is 2. The van der Waals surface area contributed by atoms with Crippen LogP contribution in [0.4, 0.5) is 0 Å². The molecule has 0 amide bonds. The second-order valence-corrected chi connectivity index (χ2v) is 6.27. The van der Waals surface area contributed by atoms with Gasteiger partial charge >= 0.3 is 0 Å². The third-order valence-corrected chi connectivity index (χ3v) is 4.46. The van der Waals surface area contributed by atoms with Crippen molar-refractivity contribution in [1.29, 1.82) is 0 Å². The molecule has 0 aliphatic carbocycles. The highest BCUT2D eigenvalue weighted by Gasteiger charge is 2.20. The van der Waals surface area contributed by atoms with Gasteiger partial charge in [-0.1, -0.05) is 57.3 Å². The summed E-state index contributed by atoms with van der Waals surface area (Å²) >= 11 is 15.6. The molecule has 3 rings (SSSR count). The monoisotopic (exact) mass is 384 g/mol. The first kappa shape index (κ1) is 14.9. The molecule has 0 saturated heterocycles. The van der Waals surface area contributed by atoms with Gasteiger partial charge in [0.2, 0.25) is 0 Å². The molecule has 3 N–H and O–H groups in total. The normalized spacial score (nSPS) is 12.8. The van der Waals surface area contributed by atoms with Crippen LogP contribution < -0.4 is 11.3 Å². The second kappa shape index (κ2) is 5.99. The molecular formula is C15H11BrCl2N2O. The summed E-state index contributed by atoms with van der Waals surface area (Å²) in [6.45, 7) is 0. The molecule has 1 unspecified atom stereocenters. The number of nitrogens with one attached hydrogen (secondary N) is 1. The average molecular weight is 386 g/mol. The van der Waals surface area contributed by atoms with Crippen LogP contribution >= 0.6 is 39.1 Å². The van der Waals surface area contributed by atoms with E-state index in [2.05, 4.69) is 21.4 Å². The van der Waals surface area contributed by atoms with Crippen molar-refractivity contribution < 1.29 is 4.42 Å². The molecule has 1 atom stereocenters. The summed E-state index contributed by atoms with van der Waals surface area (Å²) < 4.78 is 6.71. The average Bonchev–Trinajstić information content (AvgIpc) is 2.87. The van der Waals surface area contributed by atoms with Gasteiger partial charge in [-0.2, -0.15) is 0 Å². The van der Waals surface area contributed by atoms with Crippen LogP contribution in [-0.2, 0) is 0 Å². The highest BCUT2D eigenvalue weighted by molar-refractivity contribution is 9.10. The lowest BCUT2D eigenvalue weighted by Gasteiger charge is -2.15. The highest BCUT2D eigenvalue weighted by atomic mass is 79.9. The van der Waals surface area contributed by atoms with Gasteiger partial charge in [0, 0.05) is 14.9 Å². The Balaban J connectivity index is 2.11. The van der Waals surface area contributed by atoms with Crippen molar-refractivity contribution in [3.8, 4) is 0 Å². The number of hydrazine groups is 1. The fraction of sp³-hybridized carbons (Fsp3) is 0.0667. The third kappa shape index (κ3) is 2.82. The number of halogens is 3. The number of fused-ring (bicyclic) bond motifs is 1. The van der Waals surface area contributed by atoms with Crippen molar-refractivity contribution in [2.75, 3.05) is 0 Å². The standard InChI is InChI=1S/C15H11BrCl2N2O/c16-11-7-9(17)4-5-10(11)14(20-19)13-6-8-2-1-3-12(18)15(8)21-13/h1-7,14,20H,19H2. The number of rotatable bonds is 3. The molecule has 3 aromatic rings. The Labute approximate surface area is 140 Å². The lowest BCUT2D eigenvalue weighted by molar-refractivity contribution is 0.476. The minimum atomic E-state index is -0.305. The Morgan fingerprint density at radius 3 is 2.62 bits per heavy atom. The lowest BCUT2D eigenvalue weighted by atomic mass is 10.1. The van der Waals surface area contributed by atoms with Crippen LogP contribution in [0.15, 0.2) is 51.4 Å². The van der Waals surface area contributed by atoms with Gasteiger partial charge in [-0.05, 0) is 29.8 Å². The van der Waals surface area contributed by atoms with E-state index in [-0.39, 0.29) is 6.04 Å². The SMILES string of the molecule is NNC(c1cc2cccc(Cl)c2o1)c1ccc(Cl)cc1Br. The van der Waals surface area contributed by atoms with Crippen molar-refractivity contribution in [3.05, 3.63) is 68.3 Å². The maximum atomic E-state index is 6.14. The number of nitrogens with two attached hydrogens (primary N) is 1. The molecule has 0 bridgehead atoms. The number of furan rings is 1. The smallest absolute Gasteiger partial charge is 0.152 e. The minimum Gasteiger partial charge on any atom is -0.457 e. The van der Waals surface area contributed by atoms with Gasteiger partial charge in [0.15, 0.2) is 5.58 Å². The number of hydrogen-bond acceptors (Lipinski definition) is 3. The highest BCUT2D eigenvalue weighted by Crippen LogP contribution is 2.34. The largest absolute Gasteiger partial charge is 0.457 e. The van der Waals surface area contributed by atoms with Gasteiger partial charge in [0.05, 0.1) is 5.02 Å². The molecular weight excluding hydrogens is 375 g/mol. The van der Waals surface area contributed by atoms with E-state index in [0.717, 1.165) is 15.4 Å². The van der Waals surface area contributed by atoms with E-state index in [1.165, 1.54) is 0 Å². The van der Waals surface area contributed by atoms with Crippen LogP contribution in [0, 0.1) is 0 Å². The summed E-state index contributed by atoms with van der Waals surface area (Å²) in [5.74, 6) is 6.39. The van der Waals surface area contributed by atoms with Crippen LogP contribution in [0.1, 0.15) is 17.4 Å². The zero-order chi connectivity index (χ0) is 15.0. The van der Waals surface area contributed by atoms with Crippen molar-refractivity contribution >= 4 is 50.1 Å². The predicted octanol–water partition coefficient (Wildman–Crippen LogP) is 5.05. The van der Waals surface area contributed by atoms with Gasteiger partial charge in [-0.15, -0.1) is 0 Å². The topological polar surface area (TPSA) is 51.2 Å². The molecule has 3 nitrogen and oxygen atoms in total. The Kier molecular flexibility index (Phi) is 4.24. The fourth-order valence-corrected chi connectivity index (χ4v) is 3.38. The Hall–Kier alpha value is -1.04. The zero-order valence-electron chi connectivity index (χ0n) is 10.7. The fourth-order valence-electron chi connectivity index (χ4n) is 2.25. The molecule has 0 radical (unpaired) electrons. The van der Waals surface area contributed by atoms with Crippen LogP contribution in [-0.4, -0.2) is 0 Å². The van der Waals surface area contributed by atoms with Gasteiger partial charge in [-0.25, -0.2) is 5.43 Å². The molecule has 0 fully saturated rings. The molecule has 0 saturated carbocycles. The minimum absolute atomic E-state index is 0.305. The first-order chi connectivity index (χ1) is 10.1. The molecule has 2 aromatic carbocycles. The van der Waals surface area contributed by atoms with E-state index in [1.54, 1.807) is 6.07 Å². The second-order valence-electron chi connectivity index (χ2n) is 4.57. The number of hydrogen-bond donors (Lipinski definition) is 2. The summed E-state index contributed by atoms with van der Waals surface area (Å²) in [4.78, 5) is 0. The van der Waals surface area contributed by atoms with E-state index in [1.807, 2.05) is 36.4 Å². The van der Waals surface area contributed by atoms with Crippen molar-refractivity contribution in [2.24, 2.45) is 5.84 Å². The summed E-state index contributed by atoms with van der Waals surface area (Å²) in [5.41, 5.74) is 4.35. The maximum absolute atomic E-state index is 6.14. The van der Waals surface area contributed by atoms with Gasteiger partial charge in [-0.3, -0.25) is 5.84 Å². The predicted molar refractivity (Wildman–Crippen MR) is 89.5 cm³/mol. The molecule has 0 spiro atoms. The summed E-state index contributed by atoms with van der Waals surface area (Å²) in [6, 6.07) is 12.8. The van der Waals surface area contributed by atoms with Gasteiger partial charge in [0.1, 0.15) is 11.8 Å². The Morgan fingerprint density at radius 2 is 1.95 bits per heavy atom. The van der Waals surface area contributed by atoms with E-state index >= 15 is 0 Å². The van der Waals surface area contributed by atoms with Crippen molar-refractivity contribution in [2.45, 2.75) is 6.04 Å². The molecule has 108 valence electrons. The molecule has 21 heavy (non-hydrogen) atoms. The molecule has 0 aliphatic heterocycles. The number of para-hydroxylation sites is 1. The third-order valence-electron chi connectivity index (χ3n) is 3.24. The summed E-state index contributed by atoms with van der Waals surface area (Å²) in [6.07, 6.45) is 0. The van der Waals surface area contributed by atoms with Crippen LogP contribution in [0.2, 0.25) is 10.0 Å². The van der Waals surface area contributed by atoms with Crippen LogP contribution in [0.5, 0.6) is 0 Å². The zero-order valence-corrected chi connectivity index (χ0v) is 13.8. The van der Waals surface area contributed by atoms with Crippen molar-refractivity contribution in [1.82, 2.24) is 5.43 Å². The molecule has 6 heteroatoms. The van der Waals surface area contributed by atoms with E-state index in [9.17, 15) is 0 Å². The first-order valence-corrected chi connectivity index (χ1v) is 7.74. The van der Waals surface area contributed by atoms with Crippen LogP contribution in [0.3, 0.4) is 0 Å². The van der Waals surface area contributed by atoms with Crippen molar-refractivity contribution in [3.63, 3.8) is 0 Å². The quantitative estimate of drug-likeness (QED) is 0.489. The van der Waals surface area contributed by atoms with E-state index < -0.39 is 0 Å². The summed E-state index contributed by atoms with van der Waals surface area (Å²) in [7, 11) is 0. The van der Waals surface area contributed by atoms with Gasteiger partial charge < -0.3 is 4.42 Å². The lowest BCUT2D eigenvalue weighted by Crippen LogP contribution is -2.28. The maximum Gasteiger partial charge on any atom is 0.152 e. The van der Waals surface area contributed by atoms with E-state index in [0.29, 0.717) is 21.4 Å². The summed E-state index contributed by atoms with van der Waals surface area (Å²) in [5, 5.41) is 2.15. The molecule has 1 heterocycles. The Bertz CT molecular complexity index is 803. The molecule has 0 aliphatic rings. The molecule has 1 aromatic heterocycles. The first-order valence-electron chi connectivity index (χ1n) is 6.19. The Morgan fingerprint density at radius 1 is 1.14 bits per heavy atom. The van der Waals surface area contributed by atoms with E-state index in [4.69, 9.17) is 33.5 Å². The van der Waals surface area contributed by atoms with Crippen LogP contribution in [0.25, 0.3) is 11.0 Å².